The van der Waals surface area contributed by atoms with Crippen LogP contribution in [0.3, 0.4) is 0 Å². The van der Waals surface area contributed by atoms with Gasteiger partial charge in [-0.25, -0.2) is 14.7 Å². The molecule has 0 radical (unpaired) electrons. The van der Waals surface area contributed by atoms with Crippen molar-refractivity contribution in [1.29, 1.82) is 0 Å². The van der Waals surface area contributed by atoms with Crippen LogP contribution in [0.4, 0.5) is 20.6 Å². The number of hydrogen-bond donors (Lipinski definition) is 3. The number of ether oxygens (including phenoxy) is 1. The Morgan fingerprint density at radius 2 is 2.04 bits per heavy atom. The van der Waals surface area contributed by atoms with Crippen molar-refractivity contribution in [3.8, 4) is 0 Å². The Balaban J connectivity index is 1.39. The summed E-state index contributed by atoms with van der Waals surface area (Å²) in [6, 6.07) is 4.77. The van der Waals surface area contributed by atoms with E-state index in [0.717, 1.165) is 13.1 Å². The van der Waals surface area contributed by atoms with Gasteiger partial charge >= 0.3 is 6.09 Å². The van der Waals surface area contributed by atoms with Crippen molar-refractivity contribution in [3.05, 3.63) is 24.0 Å². The molecule has 3 N–H and O–H groups in total. The van der Waals surface area contributed by atoms with Crippen LogP contribution < -0.4 is 20.6 Å². The number of carbonyl (C=O) groups excluding carboxylic acids is 2. The Morgan fingerprint density at radius 1 is 1.30 bits per heavy atom. The first kappa shape index (κ1) is 18.0. The highest BCUT2D eigenvalue weighted by molar-refractivity contribution is 5.90. The summed E-state index contributed by atoms with van der Waals surface area (Å²) < 4.78 is 19.9. The van der Waals surface area contributed by atoms with Crippen molar-refractivity contribution < 1.29 is 23.9 Å². The van der Waals surface area contributed by atoms with Gasteiger partial charge in [0, 0.05) is 26.6 Å². The number of cyclic esters (lactones) is 1. The zero-order chi connectivity index (χ0) is 19.1. The molecule has 2 unspecified atom stereocenters. The number of amides is 2. The van der Waals surface area contributed by atoms with E-state index in [1.807, 2.05) is 4.90 Å². The average Bonchev–Trinajstić information content (AvgIpc) is 2.98. The van der Waals surface area contributed by atoms with Crippen LogP contribution in [0.2, 0.25) is 0 Å². The predicted octanol–water partition coefficient (Wildman–Crippen LogP) is 0.948. The molecular weight excluding hydrogens is 355 g/mol. The van der Waals surface area contributed by atoms with E-state index in [0.29, 0.717) is 35.7 Å². The molecule has 2 amide bonds. The molecule has 146 valence electrons. The normalized spacial score (nSPS) is 28.9. The molecule has 1 saturated carbocycles. The zero-order valence-corrected chi connectivity index (χ0v) is 15.0. The highest BCUT2D eigenvalue weighted by Crippen LogP contribution is 2.52. The van der Waals surface area contributed by atoms with Crippen LogP contribution in [0.5, 0.6) is 0 Å². The highest BCUT2D eigenvalue weighted by Gasteiger charge is 2.55. The van der Waals surface area contributed by atoms with E-state index in [9.17, 15) is 14.0 Å². The summed E-state index contributed by atoms with van der Waals surface area (Å²) in [6.45, 7) is 4.03. The number of nitrogens with one attached hydrogen (secondary N) is 2. The topological polar surface area (TPSA) is 94.1 Å². The van der Waals surface area contributed by atoms with Gasteiger partial charge in [0.2, 0.25) is 5.91 Å². The number of hydroxylamine groups is 1. The van der Waals surface area contributed by atoms with Gasteiger partial charge in [-0.2, -0.15) is 0 Å². The molecule has 1 aromatic carbocycles. The number of hydrogen-bond acceptors (Lipinski definition) is 6. The summed E-state index contributed by atoms with van der Waals surface area (Å²) in [7, 11) is 0. The molecule has 1 aromatic rings. The lowest BCUT2D eigenvalue weighted by Crippen LogP contribution is -2.33. The maximum atomic E-state index is 14.7. The number of rotatable bonds is 6. The molecule has 0 aromatic heterocycles. The second kappa shape index (κ2) is 6.97. The number of piperidine rings is 1. The van der Waals surface area contributed by atoms with Gasteiger partial charge in [0.25, 0.3) is 0 Å². The third kappa shape index (κ3) is 3.44. The van der Waals surface area contributed by atoms with Gasteiger partial charge in [-0.05, 0) is 36.0 Å². The molecule has 3 aliphatic rings. The van der Waals surface area contributed by atoms with Crippen molar-refractivity contribution in [2.75, 3.05) is 42.5 Å². The molecular formula is C18H23FN4O4. The van der Waals surface area contributed by atoms with E-state index in [1.165, 1.54) is 17.9 Å². The van der Waals surface area contributed by atoms with Crippen LogP contribution in [0, 0.1) is 23.6 Å². The summed E-state index contributed by atoms with van der Waals surface area (Å²) in [4.78, 5) is 26.4. The Morgan fingerprint density at radius 3 is 2.67 bits per heavy atom. The van der Waals surface area contributed by atoms with Crippen molar-refractivity contribution in [3.63, 3.8) is 0 Å². The molecule has 0 bridgehead atoms. The number of nitrogens with zero attached hydrogens (tertiary/aromatic N) is 2. The van der Waals surface area contributed by atoms with Crippen LogP contribution in [-0.2, 0) is 9.53 Å². The van der Waals surface area contributed by atoms with Gasteiger partial charge in [0.1, 0.15) is 11.9 Å². The van der Waals surface area contributed by atoms with E-state index in [1.54, 1.807) is 12.1 Å². The fourth-order valence-electron chi connectivity index (χ4n) is 4.27. The largest absolute Gasteiger partial charge is 0.442 e. The van der Waals surface area contributed by atoms with Crippen LogP contribution in [0.1, 0.15) is 6.92 Å². The van der Waals surface area contributed by atoms with Crippen molar-refractivity contribution >= 4 is 23.4 Å². The minimum absolute atomic E-state index is 0.194. The predicted molar refractivity (Wildman–Crippen MR) is 95.2 cm³/mol. The number of carbonyl (C=O) groups is 2. The van der Waals surface area contributed by atoms with E-state index < -0.39 is 12.2 Å². The number of fused-ring (bicyclic) bond motifs is 1. The first-order valence-corrected chi connectivity index (χ1v) is 9.12. The minimum Gasteiger partial charge on any atom is -0.442 e. The number of benzene rings is 1. The van der Waals surface area contributed by atoms with Gasteiger partial charge in [0.15, 0.2) is 0 Å². The monoisotopic (exact) mass is 378 g/mol. The smallest absolute Gasteiger partial charge is 0.414 e. The van der Waals surface area contributed by atoms with Crippen molar-refractivity contribution in [1.82, 2.24) is 10.8 Å². The molecule has 27 heavy (non-hydrogen) atoms. The summed E-state index contributed by atoms with van der Waals surface area (Å²) in [6.07, 6.45) is -0.994. The molecule has 3 atom stereocenters. The van der Waals surface area contributed by atoms with Crippen LogP contribution >= 0.6 is 0 Å². The fraction of sp³-hybridized carbons (Fsp3) is 0.556. The van der Waals surface area contributed by atoms with Crippen molar-refractivity contribution in [2.45, 2.75) is 13.0 Å². The van der Waals surface area contributed by atoms with E-state index >= 15 is 0 Å². The summed E-state index contributed by atoms with van der Waals surface area (Å²) in [5, 5.41) is 11.4. The molecule has 8 nitrogen and oxygen atoms in total. The van der Waals surface area contributed by atoms with Crippen LogP contribution in [0.15, 0.2) is 18.2 Å². The quantitative estimate of drug-likeness (QED) is 0.638. The van der Waals surface area contributed by atoms with Gasteiger partial charge in [0.05, 0.1) is 24.5 Å². The summed E-state index contributed by atoms with van der Waals surface area (Å²) >= 11 is 0. The molecule has 1 aliphatic carbocycles. The Kier molecular flexibility index (Phi) is 4.65. The Hall–Kier alpha value is -2.39. The SMILES string of the molecule is CC(=O)NC[C@H]1CN(c2ccc(N3CC4C(CNO)C4C3)c(F)c2)C(=O)O1. The third-order valence-corrected chi connectivity index (χ3v) is 5.73. The molecule has 9 heteroatoms. The Labute approximate surface area is 156 Å². The first-order chi connectivity index (χ1) is 13.0. The fourth-order valence-corrected chi connectivity index (χ4v) is 4.27. The molecule has 2 heterocycles. The average molecular weight is 378 g/mol. The highest BCUT2D eigenvalue weighted by atomic mass is 19.1. The molecule has 2 aliphatic heterocycles. The standard InChI is InChI=1S/C18H23FN4O4/c1-10(24)20-5-12-7-23(18(25)27-12)11-2-3-17(16(19)4-11)22-8-14-13(6-21-26)15(14)9-22/h2-4,12-15,21,26H,5-9H2,1H3,(H,20,24)/t12-,13?,14?,15?/m0/s1. The lowest BCUT2D eigenvalue weighted by atomic mass is 10.2. The third-order valence-electron chi connectivity index (χ3n) is 5.73. The lowest BCUT2D eigenvalue weighted by molar-refractivity contribution is -0.119. The van der Waals surface area contributed by atoms with Gasteiger partial charge in [-0.1, -0.05) is 0 Å². The van der Waals surface area contributed by atoms with Crippen molar-refractivity contribution in [2.24, 2.45) is 17.8 Å². The summed E-state index contributed by atoms with van der Waals surface area (Å²) in [5.41, 5.74) is 3.20. The number of halogens is 1. The number of anilines is 2. The van der Waals surface area contributed by atoms with Gasteiger partial charge < -0.3 is 20.2 Å². The molecule has 3 fully saturated rings. The molecule has 0 spiro atoms. The molecule has 2 saturated heterocycles. The summed E-state index contributed by atoms with van der Waals surface area (Å²) in [5.74, 6) is 0.886. The second-order valence-electron chi connectivity index (χ2n) is 7.45. The first-order valence-electron chi connectivity index (χ1n) is 9.12. The van der Waals surface area contributed by atoms with E-state index in [4.69, 9.17) is 9.94 Å². The van der Waals surface area contributed by atoms with Crippen LogP contribution in [-0.4, -0.2) is 56.0 Å². The van der Waals surface area contributed by atoms with Crippen LogP contribution in [0.25, 0.3) is 0 Å². The lowest BCUT2D eigenvalue weighted by Gasteiger charge is -2.23. The van der Waals surface area contributed by atoms with E-state index in [-0.39, 0.29) is 24.8 Å². The second-order valence-corrected chi connectivity index (χ2v) is 7.45. The zero-order valence-electron chi connectivity index (χ0n) is 15.0. The maximum absolute atomic E-state index is 14.7. The molecule has 4 rings (SSSR count). The van der Waals surface area contributed by atoms with E-state index in [2.05, 4.69) is 10.8 Å². The maximum Gasteiger partial charge on any atom is 0.414 e. The Bertz CT molecular complexity index is 749. The minimum atomic E-state index is -0.542. The van der Waals surface area contributed by atoms with Gasteiger partial charge in [-0.15, -0.1) is 0 Å². The van der Waals surface area contributed by atoms with Gasteiger partial charge in [-0.3, -0.25) is 9.69 Å².